The van der Waals surface area contributed by atoms with E-state index in [1.165, 1.54) is 18.3 Å². The molecule has 0 atom stereocenters. The molecule has 0 fully saturated rings. The van der Waals surface area contributed by atoms with Gasteiger partial charge >= 0.3 is 0 Å². The number of thiophene rings is 1. The van der Waals surface area contributed by atoms with E-state index in [-0.39, 0.29) is 10.1 Å². The van der Waals surface area contributed by atoms with Gasteiger partial charge in [-0.1, -0.05) is 13.8 Å². The van der Waals surface area contributed by atoms with Crippen molar-refractivity contribution in [3.05, 3.63) is 17.0 Å². The van der Waals surface area contributed by atoms with Crippen molar-refractivity contribution in [3.63, 3.8) is 0 Å². The second-order valence-corrected chi connectivity index (χ2v) is 7.87. The highest BCUT2D eigenvalue weighted by molar-refractivity contribution is 7.91. The number of carbonyl (C=O) groups is 1. The Morgan fingerprint density at radius 1 is 1.37 bits per heavy atom. The van der Waals surface area contributed by atoms with Crippen LogP contribution >= 0.6 is 11.3 Å². The number of nitrogens with one attached hydrogen (secondary N) is 2. The zero-order chi connectivity index (χ0) is 14.5. The molecule has 1 aromatic heterocycles. The van der Waals surface area contributed by atoms with E-state index in [0.29, 0.717) is 19.0 Å². The monoisotopic (exact) mass is 304 g/mol. The molecule has 1 aromatic rings. The van der Waals surface area contributed by atoms with Crippen LogP contribution in [0.5, 0.6) is 0 Å². The maximum Gasteiger partial charge on any atom is 0.250 e. The Morgan fingerprint density at radius 2 is 2.05 bits per heavy atom. The van der Waals surface area contributed by atoms with Crippen molar-refractivity contribution in [1.82, 2.24) is 10.0 Å². The third-order valence-corrected chi connectivity index (χ3v) is 5.47. The number of sulfonamides is 1. The molecule has 0 aliphatic heterocycles. The fourth-order valence-corrected chi connectivity index (χ4v) is 3.75. The molecule has 1 amide bonds. The Labute approximate surface area is 118 Å². The summed E-state index contributed by atoms with van der Waals surface area (Å²) in [5, 5.41) is 2.64. The molecule has 0 saturated heterocycles. The molecule has 0 saturated carbocycles. The van der Waals surface area contributed by atoms with Gasteiger partial charge in [0.15, 0.2) is 0 Å². The molecule has 7 heteroatoms. The fraction of sp³-hybridized carbons (Fsp3) is 0.583. The third-order valence-electron chi connectivity index (χ3n) is 2.43. The van der Waals surface area contributed by atoms with Gasteiger partial charge in [0.2, 0.25) is 15.9 Å². The molecule has 1 heterocycles. The van der Waals surface area contributed by atoms with Gasteiger partial charge in [-0.15, -0.1) is 11.3 Å². The second kappa shape index (κ2) is 7.02. The Bertz CT molecular complexity index is 521. The quantitative estimate of drug-likeness (QED) is 0.805. The predicted octanol–water partition coefficient (Wildman–Crippen LogP) is 1.71. The molecule has 1 rings (SSSR count). The lowest BCUT2D eigenvalue weighted by molar-refractivity contribution is -0.119. The van der Waals surface area contributed by atoms with E-state index in [4.69, 9.17) is 0 Å². The number of carbonyl (C=O) groups excluding carboxylic acids is 1. The normalized spacial score (nSPS) is 11.8. The summed E-state index contributed by atoms with van der Waals surface area (Å²) in [6.45, 7) is 6.33. The second-order valence-electron chi connectivity index (χ2n) is 4.71. The molecule has 0 aromatic carbocycles. The summed E-state index contributed by atoms with van der Waals surface area (Å²) < 4.78 is 26.8. The van der Waals surface area contributed by atoms with Crippen LogP contribution in [0.25, 0.3) is 0 Å². The van der Waals surface area contributed by atoms with Crippen molar-refractivity contribution < 1.29 is 13.2 Å². The summed E-state index contributed by atoms with van der Waals surface area (Å²) in [6.07, 6.45) is 0.809. The van der Waals surface area contributed by atoms with Gasteiger partial charge in [-0.25, -0.2) is 13.1 Å². The van der Waals surface area contributed by atoms with Gasteiger partial charge < -0.3 is 5.32 Å². The number of hydrogen-bond acceptors (Lipinski definition) is 4. The predicted molar refractivity (Wildman–Crippen MR) is 76.5 cm³/mol. The van der Waals surface area contributed by atoms with Crippen LogP contribution < -0.4 is 10.0 Å². The number of rotatable bonds is 7. The summed E-state index contributed by atoms with van der Waals surface area (Å²) in [6, 6.07) is 3.29. The van der Waals surface area contributed by atoms with Crippen LogP contribution in [0.3, 0.4) is 0 Å². The van der Waals surface area contributed by atoms with Crippen LogP contribution in [0, 0.1) is 5.92 Å². The first kappa shape index (κ1) is 16.1. The minimum Gasteiger partial charge on any atom is -0.351 e. The maximum absolute atomic E-state index is 12.0. The average Bonchev–Trinajstić information content (AvgIpc) is 2.74. The Hall–Kier alpha value is -0.920. The van der Waals surface area contributed by atoms with Crippen molar-refractivity contribution in [2.45, 2.75) is 37.9 Å². The first-order valence-electron chi connectivity index (χ1n) is 6.14. The van der Waals surface area contributed by atoms with Crippen LogP contribution in [0.15, 0.2) is 16.3 Å². The molecule has 19 heavy (non-hydrogen) atoms. The minimum atomic E-state index is -3.42. The summed E-state index contributed by atoms with van der Waals surface area (Å²) in [5.74, 6) is 0.328. The number of hydrogen-bond donors (Lipinski definition) is 2. The highest BCUT2D eigenvalue weighted by Gasteiger charge is 2.16. The standard InChI is InChI=1S/C12H20N2O3S2/c1-9(2)6-7-14-19(16,17)12-5-4-11(18-12)8-13-10(3)15/h4-5,9,14H,6-8H2,1-3H3,(H,13,15). The molecule has 0 unspecified atom stereocenters. The molecule has 0 bridgehead atoms. The molecule has 5 nitrogen and oxygen atoms in total. The van der Waals surface area contributed by atoms with Crippen LogP contribution in [-0.4, -0.2) is 20.9 Å². The van der Waals surface area contributed by atoms with Crippen LogP contribution in [0.2, 0.25) is 0 Å². The van der Waals surface area contributed by atoms with Gasteiger partial charge in [0.25, 0.3) is 0 Å². The van der Waals surface area contributed by atoms with Gasteiger partial charge in [-0.3, -0.25) is 4.79 Å². The lowest BCUT2D eigenvalue weighted by atomic mass is 10.1. The van der Waals surface area contributed by atoms with Crippen LogP contribution in [0.4, 0.5) is 0 Å². The van der Waals surface area contributed by atoms with E-state index in [2.05, 4.69) is 10.0 Å². The summed E-state index contributed by atoms with van der Waals surface area (Å²) in [7, 11) is -3.42. The highest BCUT2D eigenvalue weighted by atomic mass is 32.2. The van der Waals surface area contributed by atoms with Crippen LogP contribution in [0.1, 0.15) is 32.1 Å². The largest absolute Gasteiger partial charge is 0.351 e. The van der Waals surface area contributed by atoms with Gasteiger partial charge in [0, 0.05) is 18.3 Å². The maximum atomic E-state index is 12.0. The van der Waals surface area contributed by atoms with E-state index in [1.807, 2.05) is 13.8 Å². The molecular weight excluding hydrogens is 284 g/mol. The fourth-order valence-electron chi connectivity index (χ4n) is 1.36. The van der Waals surface area contributed by atoms with E-state index >= 15 is 0 Å². The highest BCUT2D eigenvalue weighted by Crippen LogP contribution is 2.21. The van der Waals surface area contributed by atoms with Gasteiger partial charge in [0.05, 0.1) is 6.54 Å². The topological polar surface area (TPSA) is 75.3 Å². The van der Waals surface area contributed by atoms with Crippen molar-refractivity contribution in [3.8, 4) is 0 Å². The van der Waals surface area contributed by atoms with Gasteiger partial charge in [-0.05, 0) is 24.5 Å². The molecular formula is C12H20N2O3S2. The summed E-state index contributed by atoms with van der Waals surface area (Å²) in [4.78, 5) is 11.6. The van der Waals surface area contributed by atoms with Crippen molar-refractivity contribution in [2.24, 2.45) is 5.92 Å². The molecule has 0 aliphatic rings. The molecule has 108 valence electrons. The van der Waals surface area contributed by atoms with E-state index in [1.54, 1.807) is 12.1 Å². The molecule has 0 aliphatic carbocycles. The SMILES string of the molecule is CC(=O)NCc1ccc(S(=O)(=O)NCCC(C)C)s1. The summed E-state index contributed by atoms with van der Waals surface area (Å²) >= 11 is 1.18. The lowest BCUT2D eigenvalue weighted by Gasteiger charge is -2.06. The zero-order valence-electron chi connectivity index (χ0n) is 11.4. The first-order valence-corrected chi connectivity index (χ1v) is 8.44. The summed E-state index contributed by atoms with van der Waals surface area (Å²) in [5.41, 5.74) is 0. The molecule has 0 radical (unpaired) electrons. The smallest absolute Gasteiger partial charge is 0.250 e. The number of amides is 1. The van der Waals surface area contributed by atoms with E-state index in [9.17, 15) is 13.2 Å². The lowest BCUT2D eigenvalue weighted by Crippen LogP contribution is -2.24. The van der Waals surface area contributed by atoms with Crippen molar-refractivity contribution in [2.75, 3.05) is 6.54 Å². The molecule has 0 spiro atoms. The minimum absolute atomic E-state index is 0.132. The zero-order valence-corrected chi connectivity index (χ0v) is 13.0. The van der Waals surface area contributed by atoms with Crippen molar-refractivity contribution >= 4 is 27.3 Å². The Balaban J connectivity index is 2.61. The Morgan fingerprint density at radius 3 is 2.63 bits per heavy atom. The molecule has 2 N–H and O–H groups in total. The average molecular weight is 304 g/mol. The van der Waals surface area contributed by atoms with Crippen molar-refractivity contribution in [1.29, 1.82) is 0 Å². The van der Waals surface area contributed by atoms with Gasteiger partial charge in [0.1, 0.15) is 4.21 Å². The van der Waals surface area contributed by atoms with Crippen LogP contribution in [-0.2, 0) is 21.4 Å². The Kier molecular flexibility index (Phi) is 5.96. The van der Waals surface area contributed by atoms with E-state index in [0.717, 1.165) is 11.3 Å². The van der Waals surface area contributed by atoms with Gasteiger partial charge in [-0.2, -0.15) is 0 Å². The third kappa shape index (κ3) is 5.71. The van der Waals surface area contributed by atoms with E-state index < -0.39 is 10.0 Å². The first-order chi connectivity index (χ1) is 8.81.